The third kappa shape index (κ3) is 5.55. The Balaban J connectivity index is 1.70. The molecule has 0 aliphatic rings. The fourth-order valence-electron chi connectivity index (χ4n) is 2.92. The Morgan fingerprint density at radius 1 is 0.871 bits per heavy atom. The van der Waals surface area contributed by atoms with E-state index < -0.39 is 24.5 Å². The van der Waals surface area contributed by atoms with Gasteiger partial charge in [-0.05, 0) is 24.3 Å². The summed E-state index contributed by atoms with van der Waals surface area (Å²) in [4.78, 5) is 37.8. The molecule has 7 nitrogen and oxygen atoms in total. The summed E-state index contributed by atoms with van der Waals surface area (Å²) in [5, 5.41) is 14.7. The highest BCUT2D eigenvalue weighted by Gasteiger charge is 2.21. The molecule has 1 atom stereocenters. The van der Waals surface area contributed by atoms with Gasteiger partial charge in [0.15, 0.2) is 5.78 Å². The number of nitrogens with one attached hydrogen (secondary N) is 2. The van der Waals surface area contributed by atoms with E-state index in [1.165, 1.54) is 19.2 Å². The first-order valence-electron chi connectivity index (χ1n) is 9.58. The standard InChI is InChI=1S/C24H22N2O5/c1-31-20-12-6-11-19(14-20)25-24(30)21(15-27)26-23(29)18-10-5-9-17(13-18)22(28)16-7-3-2-4-8-16/h2-14,21,27H,15H2,1H3,(H,25,30)(H,26,29). The van der Waals surface area contributed by atoms with Crippen molar-refractivity contribution in [2.75, 3.05) is 19.0 Å². The van der Waals surface area contributed by atoms with E-state index in [0.29, 0.717) is 22.6 Å². The van der Waals surface area contributed by atoms with Crippen molar-refractivity contribution >= 4 is 23.3 Å². The third-order valence-electron chi connectivity index (χ3n) is 4.56. The number of carbonyl (C=O) groups is 3. The molecule has 0 radical (unpaired) electrons. The molecule has 3 aromatic rings. The highest BCUT2D eigenvalue weighted by atomic mass is 16.5. The highest BCUT2D eigenvalue weighted by Crippen LogP contribution is 2.17. The summed E-state index contributed by atoms with van der Waals surface area (Å²) in [6.45, 7) is -0.593. The van der Waals surface area contributed by atoms with Crippen molar-refractivity contribution in [3.05, 3.63) is 95.6 Å². The van der Waals surface area contributed by atoms with Gasteiger partial charge in [-0.1, -0.05) is 48.5 Å². The quantitative estimate of drug-likeness (QED) is 0.488. The summed E-state index contributed by atoms with van der Waals surface area (Å²) in [6.07, 6.45) is 0. The van der Waals surface area contributed by atoms with Crippen molar-refractivity contribution in [2.24, 2.45) is 0 Å². The van der Waals surface area contributed by atoms with Crippen LogP contribution in [0, 0.1) is 0 Å². The molecule has 3 aromatic carbocycles. The van der Waals surface area contributed by atoms with Crippen LogP contribution in [0.15, 0.2) is 78.9 Å². The monoisotopic (exact) mass is 418 g/mol. The Kier molecular flexibility index (Phi) is 7.13. The molecule has 1 unspecified atom stereocenters. The molecule has 158 valence electrons. The Hall–Kier alpha value is -3.97. The number of aliphatic hydroxyl groups is 1. The molecule has 2 amide bonds. The second-order valence-corrected chi connectivity index (χ2v) is 6.71. The van der Waals surface area contributed by atoms with Gasteiger partial charge in [-0.2, -0.15) is 0 Å². The maximum atomic E-state index is 12.6. The van der Waals surface area contributed by atoms with Crippen LogP contribution in [0.2, 0.25) is 0 Å². The number of anilines is 1. The number of hydrogen-bond donors (Lipinski definition) is 3. The van der Waals surface area contributed by atoms with Gasteiger partial charge < -0.3 is 20.5 Å². The van der Waals surface area contributed by atoms with E-state index in [1.54, 1.807) is 60.7 Å². The molecule has 3 N–H and O–H groups in total. The van der Waals surface area contributed by atoms with Crippen molar-refractivity contribution in [3.8, 4) is 5.75 Å². The highest BCUT2D eigenvalue weighted by molar-refractivity contribution is 6.10. The van der Waals surface area contributed by atoms with Crippen LogP contribution in [0.25, 0.3) is 0 Å². The predicted octanol–water partition coefficient (Wildman–Crippen LogP) is 2.66. The van der Waals surface area contributed by atoms with Crippen molar-refractivity contribution < 1.29 is 24.2 Å². The maximum absolute atomic E-state index is 12.6. The minimum absolute atomic E-state index is 0.203. The van der Waals surface area contributed by atoms with Crippen LogP contribution in [0.1, 0.15) is 26.3 Å². The lowest BCUT2D eigenvalue weighted by atomic mass is 10.0. The van der Waals surface area contributed by atoms with E-state index in [0.717, 1.165) is 0 Å². The van der Waals surface area contributed by atoms with Gasteiger partial charge in [-0.25, -0.2) is 0 Å². The average Bonchev–Trinajstić information content (AvgIpc) is 2.82. The van der Waals surface area contributed by atoms with E-state index >= 15 is 0 Å². The van der Waals surface area contributed by atoms with Crippen molar-refractivity contribution in [3.63, 3.8) is 0 Å². The molecule has 0 saturated heterocycles. The Morgan fingerprint density at radius 2 is 1.55 bits per heavy atom. The normalized spacial score (nSPS) is 11.3. The summed E-state index contributed by atoms with van der Waals surface area (Å²) in [7, 11) is 1.51. The smallest absolute Gasteiger partial charge is 0.252 e. The first-order chi connectivity index (χ1) is 15.0. The fraction of sp³-hybridized carbons (Fsp3) is 0.125. The molecular weight excluding hydrogens is 396 g/mol. The van der Waals surface area contributed by atoms with Crippen LogP contribution in [0.4, 0.5) is 5.69 Å². The Morgan fingerprint density at radius 3 is 2.26 bits per heavy atom. The Bertz CT molecular complexity index is 1080. The third-order valence-corrected chi connectivity index (χ3v) is 4.56. The first-order valence-corrected chi connectivity index (χ1v) is 9.58. The maximum Gasteiger partial charge on any atom is 0.252 e. The van der Waals surface area contributed by atoms with Crippen LogP contribution < -0.4 is 15.4 Å². The molecule has 0 fully saturated rings. The summed E-state index contributed by atoms with van der Waals surface area (Å²) >= 11 is 0. The molecule has 0 saturated carbocycles. The zero-order valence-electron chi connectivity index (χ0n) is 16.9. The number of hydrogen-bond acceptors (Lipinski definition) is 5. The molecule has 0 spiro atoms. The Labute approximate surface area is 179 Å². The van der Waals surface area contributed by atoms with Gasteiger partial charge in [-0.3, -0.25) is 14.4 Å². The zero-order chi connectivity index (χ0) is 22.2. The van der Waals surface area contributed by atoms with Gasteiger partial charge >= 0.3 is 0 Å². The summed E-state index contributed by atoms with van der Waals surface area (Å²) in [5.41, 5.74) is 1.52. The molecular formula is C24H22N2O5. The van der Waals surface area contributed by atoms with Gasteiger partial charge in [-0.15, -0.1) is 0 Å². The van der Waals surface area contributed by atoms with Gasteiger partial charge in [0.05, 0.1) is 13.7 Å². The minimum atomic E-state index is -1.17. The number of ether oxygens (including phenoxy) is 1. The fourth-order valence-corrected chi connectivity index (χ4v) is 2.92. The second-order valence-electron chi connectivity index (χ2n) is 6.71. The molecule has 0 aromatic heterocycles. The number of carbonyl (C=O) groups excluding carboxylic acids is 3. The number of methoxy groups -OCH3 is 1. The van der Waals surface area contributed by atoms with Gasteiger partial charge in [0.2, 0.25) is 5.91 Å². The molecule has 31 heavy (non-hydrogen) atoms. The molecule has 3 rings (SSSR count). The van der Waals surface area contributed by atoms with Crippen LogP contribution in [0.3, 0.4) is 0 Å². The van der Waals surface area contributed by atoms with E-state index in [4.69, 9.17) is 4.74 Å². The molecule has 0 aliphatic heterocycles. The lowest BCUT2D eigenvalue weighted by molar-refractivity contribution is -0.118. The van der Waals surface area contributed by atoms with Crippen molar-refractivity contribution in [1.29, 1.82) is 0 Å². The van der Waals surface area contributed by atoms with Crippen molar-refractivity contribution in [1.82, 2.24) is 5.32 Å². The van der Waals surface area contributed by atoms with Gasteiger partial charge in [0.25, 0.3) is 5.91 Å². The number of rotatable bonds is 8. The van der Waals surface area contributed by atoms with Crippen molar-refractivity contribution in [2.45, 2.75) is 6.04 Å². The predicted molar refractivity (Wildman–Crippen MR) is 116 cm³/mol. The summed E-state index contributed by atoms with van der Waals surface area (Å²) < 4.78 is 5.11. The first kappa shape index (κ1) is 21.7. The lowest BCUT2D eigenvalue weighted by Crippen LogP contribution is -2.46. The summed E-state index contributed by atoms with van der Waals surface area (Å²) in [5.74, 6) is -0.824. The van der Waals surface area contributed by atoms with E-state index in [1.807, 2.05) is 6.07 Å². The van der Waals surface area contributed by atoms with Crippen LogP contribution in [0.5, 0.6) is 5.75 Å². The molecule has 0 bridgehead atoms. The van der Waals surface area contributed by atoms with Crippen LogP contribution in [-0.2, 0) is 4.79 Å². The van der Waals surface area contributed by atoms with Gasteiger partial charge in [0.1, 0.15) is 11.8 Å². The largest absolute Gasteiger partial charge is 0.497 e. The number of benzene rings is 3. The topological polar surface area (TPSA) is 105 Å². The number of ketones is 1. The van der Waals surface area contributed by atoms with E-state index in [2.05, 4.69) is 10.6 Å². The molecule has 0 heterocycles. The molecule has 0 aliphatic carbocycles. The summed E-state index contributed by atoms with van der Waals surface area (Å²) in [6, 6.07) is 20.5. The van der Waals surface area contributed by atoms with Gasteiger partial charge in [0, 0.05) is 28.4 Å². The van der Waals surface area contributed by atoms with E-state index in [9.17, 15) is 19.5 Å². The number of amides is 2. The van der Waals surface area contributed by atoms with Crippen LogP contribution >= 0.6 is 0 Å². The number of aliphatic hydroxyl groups excluding tert-OH is 1. The van der Waals surface area contributed by atoms with Crippen LogP contribution in [-0.4, -0.2) is 42.5 Å². The lowest BCUT2D eigenvalue weighted by Gasteiger charge is -2.17. The SMILES string of the molecule is COc1cccc(NC(=O)C(CO)NC(=O)c2cccc(C(=O)c3ccccc3)c2)c1. The van der Waals surface area contributed by atoms with E-state index in [-0.39, 0.29) is 11.3 Å². The second kappa shape index (κ2) is 10.2. The zero-order valence-corrected chi connectivity index (χ0v) is 16.9. The average molecular weight is 418 g/mol. The molecule has 7 heteroatoms. The minimum Gasteiger partial charge on any atom is -0.497 e.